The van der Waals surface area contributed by atoms with Crippen molar-refractivity contribution in [3.8, 4) is 0 Å². The van der Waals surface area contributed by atoms with Gasteiger partial charge >= 0.3 is 5.97 Å². The van der Waals surface area contributed by atoms with Gasteiger partial charge in [-0.2, -0.15) is 0 Å². The molecular weight excluding hydrogens is 292 g/mol. The molecule has 0 saturated carbocycles. The second-order valence-electron chi connectivity index (χ2n) is 6.15. The fourth-order valence-corrected chi connectivity index (χ4v) is 2.53. The highest BCUT2D eigenvalue weighted by Crippen LogP contribution is 2.13. The van der Waals surface area contributed by atoms with Gasteiger partial charge in [0.05, 0.1) is 6.10 Å². The molecule has 4 heteroatoms. The van der Waals surface area contributed by atoms with Gasteiger partial charge < -0.3 is 14.6 Å². The lowest BCUT2D eigenvalue weighted by Crippen LogP contribution is -2.06. The molecule has 0 bridgehead atoms. The van der Waals surface area contributed by atoms with E-state index in [1.165, 1.54) is 58.5 Å². The average molecular weight is 328 g/mol. The highest BCUT2D eigenvalue weighted by atomic mass is 16.7. The quantitative estimate of drug-likeness (QED) is 0.181. The van der Waals surface area contributed by atoms with Crippen LogP contribution < -0.4 is 0 Å². The highest BCUT2D eigenvalue weighted by molar-refractivity contribution is 5.69. The summed E-state index contributed by atoms with van der Waals surface area (Å²) in [6.45, 7) is 3.64. The lowest BCUT2D eigenvalue weighted by atomic mass is 10.0. The van der Waals surface area contributed by atoms with E-state index in [1.807, 2.05) is 0 Å². The van der Waals surface area contributed by atoms with Crippen LogP contribution in [-0.2, 0) is 14.3 Å². The van der Waals surface area contributed by atoms with E-state index in [0.29, 0.717) is 6.42 Å². The number of rotatable bonds is 17. The van der Waals surface area contributed by atoms with Crippen LogP contribution >= 0.6 is 0 Å². The molecule has 0 aliphatic carbocycles. The monoisotopic (exact) mass is 328 g/mol. The number of hydrogen-bond acceptors (Lipinski definition) is 4. The van der Waals surface area contributed by atoms with Crippen LogP contribution in [0.25, 0.3) is 0 Å². The summed E-state index contributed by atoms with van der Waals surface area (Å²) in [7, 11) is 1.51. The van der Waals surface area contributed by atoms with Gasteiger partial charge in [-0.1, -0.05) is 70.3 Å². The van der Waals surface area contributed by atoms with Crippen LogP contribution in [0.5, 0.6) is 0 Å². The molecule has 1 unspecified atom stereocenters. The molecule has 0 amide bonds. The van der Waals surface area contributed by atoms with Crippen LogP contribution in [0.1, 0.15) is 83.5 Å². The highest BCUT2D eigenvalue weighted by Gasteiger charge is 2.01. The third kappa shape index (κ3) is 17.3. The minimum Gasteiger partial charge on any atom is -0.438 e. The fourth-order valence-electron chi connectivity index (χ4n) is 2.53. The van der Waals surface area contributed by atoms with Crippen molar-refractivity contribution in [1.82, 2.24) is 0 Å². The molecule has 1 N–H and O–H groups in total. The van der Waals surface area contributed by atoms with Crippen molar-refractivity contribution < 1.29 is 19.4 Å². The minimum absolute atomic E-state index is 0.0632. The zero-order valence-electron chi connectivity index (χ0n) is 14.9. The van der Waals surface area contributed by atoms with E-state index in [4.69, 9.17) is 4.74 Å². The third-order valence-corrected chi connectivity index (χ3v) is 3.99. The predicted octanol–water partition coefficient (Wildman–Crippen LogP) is 4.75. The Labute approximate surface area is 142 Å². The molecule has 0 spiro atoms. The van der Waals surface area contributed by atoms with Crippen molar-refractivity contribution in [3.63, 3.8) is 0 Å². The first-order valence-electron chi connectivity index (χ1n) is 9.16. The van der Waals surface area contributed by atoms with Crippen LogP contribution in [-0.4, -0.2) is 31.1 Å². The van der Waals surface area contributed by atoms with Crippen molar-refractivity contribution in [3.05, 3.63) is 12.7 Å². The number of carbonyl (C=O) groups excluding carboxylic acids is 1. The number of aliphatic hydroxyl groups is 1. The minimum atomic E-state index is -0.322. The SMILES string of the molecule is C=CC(O)CCCCCCCCCCCCCC(=O)OCOC. The summed E-state index contributed by atoms with van der Waals surface area (Å²) in [5.74, 6) is -0.160. The van der Waals surface area contributed by atoms with Gasteiger partial charge in [-0.15, -0.1) is 6.58 Å². The maximum absolute atomic E-state index is 11.2. The number of hydrogen-bond donors (Lipinski definition) is 1. The Morgan fingerprint density at radius 2 is 1.43 bits per heavy atom. The van der Waals surface area contributed by atoms with Crippen molar-refractivity contribution in [1.29, 1.82) is 0 Å². The molecule has 1 atom stereocenters. The first-order chi connectivity index (χ1) is 11.2. The molecule has 23 heavy (non-hydrogen) atoms. The Balaban J connectivity index is 3.10. The Kier molecular flexibility index (Phi) is 16.8. The normalized spacial score (nSPS) is 12.1. The summed E-state index contributed by atoms with van der Waals surface area (Å²) in [5, 5.41) is 9.34. The lowest BCUT2D eigenvalue weighted by Gasteiger charge is -2.05. The number of unbranched alkanes of at least 4 members (excludes halogenated alkanes) is 10. The Bertz CT molecular complexity index is 279. The largest absolute Gasteiger partial charge is 0.438 e. The summed E-state index contributed by atoms with van der Waals surface area (Å²) in [6.07, 6.45) is 15.9. The number of aliphatic hydroxyl groups excluding tert-OH is 1. The molecule has 136 valence electrons. The maximum atomic E-state index is 11.2. The average Bonchev–Trinajstić information content (AvgIpc) is 2.56. The van der Waals surface area contributed by atoms with Crippen LogP contribution in [0.2, 0.25) is 0 Å². The summed E-state index contributed by atoms with van der Waals surface area (Å²) in [4.78, 5) is 11.2. The zero-order chi connectivity index (χ0) is 17.2. The van der Waals surface area contributed by atoms with E-state index < -0.39 is 0 Å². The maximum Gasteiger partial charge on any atom is 0.307 e. The van der Waals surface area contributed by atoms with Gasteiger partial charge in [-0.3, -0.25) is 4.79 Å². The van der Waals surface area contributed by atoms with Crippen LogP contribution in [0.15, 0.2) is 12.7 Å². The standard InChI is InChI=1S/C19H36O4/c1-3-18(20)15-13-11-9-7-5-4-6-8-10-12-14-16-19(21)23-17-22-2/h3,18,20H,1,4-17H2,2H3. The molecule has 0 aliphatic rings. The van der Waals surface area contributed by atoms with Gasteiger partial charge in [-0.05, 0) is 12.8 Å². The molecule has 0 radical (unpaired) electrons. The topological polar surface area (TPSA) is 55.8 Å². The van der Waals surface area contributed by atoms with E-state index in [1.54, 1.807) is 6.08 Å². The number of methoxy groups -OCH3 is 1. The molecule has 0 rings (SSSR count). The number of ether oxygens (including phenoxy) is 2. The molecule has 0 aromatic heterocycles. The molecule has 0 aliphatic heterocycles. The van der Waals surface area contributed by atoms with Crippen LogP contribution in [0.4, 0.5) is 0 Å². The van der Waals surface area contributed by atoms with Gasteiger partial charge in [0, 0.05) is 13.5 Å². The van der Waals surface area contributed by atoms with Crippen LogP contribution in [0, 0.1) is 0 Å². The van der Waals surface area contributed by atoms with Crippen molar-refractivity contribution in [2.75, 3.05) is 13.9 Å². The van der Waals surface area contributed by atoms with Gasteiger partial charge in [0.15, 0.2) is 6.79 Å². The molecule has 0 aromatic rings. The van der Waals surface area contributed by atoms with Gasteiger partial charge in [0.1, 0.15) is 0 Å². The van der Waals surface area contributed by atoms with Crippen LogP contribution in [0.3, 0.4) is 0 Å². The van der Waals surface area contributed by atoms with E-state index in [9.17, 15) is 9.90 Å². The second kappa shape index (κ2) is 17.5. The van der Waals surface area contributed by atoms with Gasteiger partial charge in [0.2, 0.25) is 0 Å². The molecule has 0 heterocycles. The van der Waals surface area contributed by atoms with E-state index in [2.05, 4.69) is 11.3 Å². The lowest BCUT2D eigenvalue weighted by molar-refractivity contribution is -0.154. The molecule has 0 saturated heterocycles. The summed E-state index contributed by atoms with van der Waals surface area (Å²) in [5.41, 5.74) is 0. The fraction of sp³-hybridized carbons (Fsp3) is 0.842. The van der Waals surface area contributed by atoms with Crippen molar-refractivity contribution >= 4 is 5.97 Å². The molecule has 4 nitrogen and oxygen atoms in total. The van der Waals surface area contributed by atoms with Crippen molar-refractivity contribution in [2.24, 2.45) is 0 Å². The van der Waals surface area contributed by atoms with Gasteiger partial charge in [-0.25, -0.2) is 0 Å². The number of esters is 1. The van der Waals surface area contributed by atoms with Crippen molar-refractivity contribution in [2.45, 2.75) is 89.6 Å². The van der Waals surface area contributed by atoms with Gasteiger partial charge in [0.25, 0.3) is 0 Å². The molecular formula is C19H36O4. The Morgan fingerprint density at radius 3 is 1.91 bits per heavy atom. The predicted molar refractivity (Wildman–Crippen MR) is 94.2 cm³/mol. The number of carbonyl (C=O) groups is 1. The Morgan fingerprint density at radius 1 is 0.957 bits per heavy atom. The summed E-state index contributed by atoms with van der Waals surface area (Å²) in [6, 6.07) is 0. The smallest absolute Gasteiger partial charge is 0.307 e. The third-order valence-electron chi connectivity index (χ3n) is 3.99. The summed E-state index contributed by atoms with van der Waals surface area (Å²) >= 11 is 0. The zero-order valence-corrected chi connectivity index (χ0v) is 14.9. The molecule has 0 fully saturated rings. The Hall–Kier alpha value is -0.870. The second-order valence-corrected chi connectivity index (χ2v) is 6.15. The first kappa shape index (κ1) is 22.1. The summed E-state index contributed by atoms with van der Waals surface area (Å²) < 4.78 is 9.51. The molecule has 0 aromatic carbocycles. The first-order valence-corrected chi connectivity index (χ1v) is 9.16. The van der Waals surface area contributed by atoms with E-state index in [-0.39, 0.29) is 18.9 Å². The van der Waals surface area contributed by atoms with E-state index >= 15 is 0 Å². The van der Waals surface area contributed by atoms with E-state index in [0.717, 1.165) is 25.7 Å².